The number of ether oxygens (including phenoxy) is 3. The fraction of sp³-hybridized carbons (Fsp3) is 0.485. The van der Waals surface area contributed by atoms with E-state index in [1.165, 1.54) is 12.1 Å². The van der Waals surface area contributed by atoms with Gasteiger partial charge in [0.25, 0.3) is 0 Å². The molecule has 0 unspecified atom stereocenters. The van der Waals surface area contributed by atoms with Crippen molar-refractivity contribution >= 4 is 11.7 Å². The first kappa shape index (κ1) is 31.2. The third kappa shape index (κ3) is 7.76. The Bertz CT molecular complexity index is 1390. The van der Waals surface area contributed by atoms with Crippen LogP contribution >= 0.6 is 0 Å². The number of anilines is 1. The largest absolute Gasteiger partial charge is 0.490 e. The monoisotopic (exact) mass is 579 g/mol. The van der Waals surface area contributed by atoms with Crippen molar-refractivity contribution in [2.75, 3.05) is 31.2 Å². The highest BCUT2D eigenvalue weighted by molar-refractivity contribution is 5.85. The summed E-state index contributed by atoms with van der Waals surface area (Å²) in [5, 5.41) is 10.3. The number of hydrogen-bond acceptors (Lipinski definition) is 7. The summed E-state index contributed by atoms with van der Waals surface area (Å²) in [6, 6.07) is 8.08. The van der Waals surface area contributed by atoms with Gasteiger partial charge in [-0.3, -0.25) is 9.97 Å². The number of halogens is 1. The zero-order chi connectivity index (χ0) is 30.7. The number of aromatic nitrogens is 2. The number of pyridine rings is 2. The van der Waals surface area contributed by atoms with Gasteiger partial charge in [-0.2, -0.15) is 0 Å². The number of hydrogen-bond donors (Lipinski definition) is 1. The Hall–Kier alpha value is -3.72. The van der Waals surface area contributed by atoms with E-state index in [0.29, 0.717) is 35.1 Å². The zero-order valence-corrected chi connectivity index (χ0v) is 25.7. The SMILES string of the molecule is Cc1cc(F)ccc1OCCOc1ccc(-c2cnc(C)c([C@H](OC(C)(C)C)C(=O)O)c2N2CCC(C)(C)CC2)nc1. The molecule has 1 fully saturated rings. The maximum Gasteiger partial charge on any atom is 0.337 e. The number of carboxylic acid groups (broad SMARTS) is 1. The predicted octanol–water partition coefficient (Wildman–Crippen LogP) is 6.92. The molecule has 1 N–H and O–H groups in total. The van der Waals surface area contributed by atoms with E-state index in [1.807, 2.05) is 39.8 Å². The Kier molecular flexibility index (Phi) is 9.40. The van der Waals surface area contributed by atoms with Gasteiger partial charge in [0.05, 0.1) is 23.2 Å². The Morgan fingerprint density at radius 1 is 1.05 bits per heavy atom. The summed E-state index contributed by atoms with van der Waals surface area (Å²) in [5.74, 6) is -0.176. The van der Waals surface area contributed by atoms with Crippen molar-refractivity contribution in [3.05, 3.63) is 65.4 Å². The highest BCUT2D eigenvalue weighted by Gasteiger charge is 2.36. The molecule has 1 aromatic carbocycles. The molecule has 42 heavy (non-hydrogen) atoms. The molecule has 4 rings (SSSR count). The second-order valence-electron chi connectivity index (χ2n) is 12.6. The van der Waals surface area contributed by atoms with E-state index < -0.39 is 17.7 Å². The fourth-order valence-electron chi connectivity index (χ4n) is 5.08. The van der Waals surface area contributed by atoms with Gasteiger partial charge in [0.15, 0.2) is 6.10 Å². The summed E-state index contributed by atoms with van der Waals surface area (Å²) in [4.78, 5) is 24.1. The van der Waals surface area contributed by atoms with Crippen molar-refractivity contribution in [1.29, 1.82) is 0 Å². The van der Waals surface area contributed by atoms with Gasteiger partial charge in [-0.15, -0.1) is 0 Å². The van der Waals surface area contributed by atoms with Gasteiger partial charge in [-0.05, 0) is 88.8 Å². The number of carbonyl (C=O) groups is 1. The Balaban J connectivity index is 1.61. The van der Waals surface area contributed by atoms with Crippen LogP contribution in [0.5, 0.6) is 11.5 Å². The van der Waals surface area contributed by atoms with E-state index in [4.69, 9.17) is 14.2 Å². The molecule has 0 amide bonds. The van der Waals surface area contributed by atoms with Gasteiger partial charge < -0.3 is 24.2 Å². The molecule has 3 aromatic rings. The van der Waals surface area contributed by atoms with Crippen LogP contribution in [0.25, 0.3) is 11.3 Å². The highest BCUT2D eigenvalue weighted by atomic mass is 19.1. The Morgan fingerprint density at radius 3 is 2.33 bits per heavy atom. The van der Waals surface area contributed by atoms with Crippen LogP contribution in [0.4, 0.5) is 10.1 Å². The summed E-state index contributed by atoms with van der Waals surface area (Å²) in [6.07, 6.45) is 4.18. The average molecular weight is 580 g/mol. The fourth-order valence-corrected chi connectivity index (χ4v) is 5.08. The predicted molar refractivity (Wildman–Crippen MR) is 161 cm³/mol. The van der Waals surface area contributed by atoms with Gasteiger partial charge in [-0.1, -0.05) is 13.8 Å². The van der Waals surface area contributed by atoms with Crippen LogP contribution in [0, 0.1) is 25.1 Å². The van der Waals surface area contributed by atoms with Crippen LogP contribution in [-0.2, 0) is 9.53 Å². The summed E-state index contributed by atoms with van der Waals surface area (Å²) in [5.41, 5.74) is 3.65. The van der Waals surface area contributed by atoms with Crippen LogP contribution in [0.3, 0.4) is 0 Å². The highest BCUT2D eigenvalue weighted by Crippen LogP contribution is 2.43. The van der Waals surface area contributed by atoms with Crippen molar-refractivity contribution in [1.82, 2.24) is 9.97 Å². The Morgan fingerprint density at radius 2 is 1.74 bits per heavy atom. The quantitative estimate of drug-likeness (QED) is 0.259. The third-order valence-electron chi connectivity index (χ3n) is 7.44. The van der Waals surface area contributed by atoms with Crippen LogP contribution in [0.1, 0.15) is 70.4 Å². The van der Waals surface area contributed by atoms with Crippen molar-refractivity contribution in [2.45, 2.75) is 73.0 Å². The van der Waals surface area contributed by atoms with Gasteiger partial charge in [0, 0.05) is 36.1 Å². The molecule has 1 atom stereocenters. The lowest BCUT2D eigenvalue weighted by molar-refractivity contribution is -0.160. The number of piperidine rings is 1. The van der Waals surface area contributed by atoms with Crippen molar-refractivity contribution in [3.8, 4) is 22.8 Å². The molecular weight excluding hydrogens is 537 g/mol. The van der Waals surface area contributed by atoms with Crippen molar-refractivity contribution < 1.29 is 28.5 Å². The number of aryl methyl sites for hydroxylation is 2. The summed E-state index contributed by atoms with van der Waals surface area (Å²) in [7, 11) is 0. The maximum atomic E-state index is 13.3. The molecule has 9 heteroatoms. The molecule has 8 nitrogen and oxygen atoms in total. The van der Waals surface area contributed by atoms with E-state index >= 15 is 0 Å². The van der Waals surface area contributed by atoms with Crippen molar-refractivity contribution in [3.63, 3.8) is 0 Å². The molecule has 3 heterocycles. The molecule has 226 valence electrons. The Labute approximate surface area is 247 Å². The van der Waals surface area contributed by atoms with Gasteiger partial charge in [0.2, 0.25) is 0 Å². The van der Waals surface area contributed by atoms with Crippen molar-refractivity contribution in [2.24, 2.45) is 5.41 Å². The summed E-state index contributed by atoms with van der Waals surface area (Å²) in [6.45, 7) is 15.9. The first-order chi connectivity index (χ1) is 19.7. The second-order valence-corrected chi connectivity index (χ2v) is 12.6. The molecule has 0 spiro atoms. The van der Waals surface area contributed by atoms with Gasteiger partial charge >= 0.3 is 5.97 Å². The van der Waals surface area contributed by atoms with E-state index in [9.17, 15) is 14.3 Å². The lowest BCUT2D eigenvalue weighted by atomic mass is 9.82. The minimum absolute atomic E-state index is 0.212. The van der Waals surface area contributed by atoms with E-state index in [1.54, 1.807) is 25.4 Å². The minimum Gasteiger partial charge on any atom is -0.490 e. The summed E-state index contributed by atoms with van der Waals surface area (Å²) >= 11 is 0. The standard InChI is InChI=1S/C33H42FN3O5/c1-21-18-23(34)8-11-27(21)41-17-16-40-24-9-10-26(36-19-24)25-20-35-22(2)28(30(31(38)39)42-32(3,4)5)29(25)37-14-12-33(6,7)13-15-37/h8-11,18-20,30H,12-17H2,1-7H3,(H,38,39)/t30-/m0/s1. The number of benzene rings is 1. The number of nitrogens with zero attached hydrogens (tertiary/aromatic N) is 3. The molecule has 0 aliphatic carbocycles. The van der Waals surface area contributed by atoms with E-state index in [0.717, 1.165) is 42.7 Å². The molecule has 2 aromatic heterocycles. The third-order valence-corrected chi connectivity index (χ3v) is 7.44. The molecular formula is C33H42FN3O5. The first-order valence-corrected chi connectivity index (χ1v) is 14.4. The zero-order valence-electron chi connectivity index (χ0n) is 25.7. The molecule has 1 aliphatic rings. The van der Waals surface area contributed by atoms with E-state index in [2.05, 4.69) is 28.7 Å². The second kappa shape index (κ2) is 12.7. The lowest BCUT2D eigenvalue weighted by Gasteiger charge is -2.40. The van der Waals surface area contributed by atoms with Gasteiger partial charge in [0.1, 0.15) is 30.5 Å². The number of rotatable bonds is 10. The minimum atomic E-state index is -1.19. The van der Waals surface area contributed by atoms with Crippen LogP contribution in [-0.4, -0.2) is 52.9 Å². The normalized spacial score (nSPS) is 15.8. The smallest absolute Gasteiger partial charge is 0.337 e. The van der Waals surface area contributed by atoms with Gasteiger partial charge in [-0.25, -0.2) is 9.18 Å². The maximum absolute atomic E-state index is 13.3. The first-order valence-electron chi connectivity index (χ1n) is 14.4. The number of carboxylic acids is 1. The van der Waals surface area contributed by atoms with Crippen LogP contribution < -0.4 is 14.4 Å². The molecule has 1 saturated heterocycles. The molecule has 0 radical (unpaired) electrons. The van der Waals surface area contributed by atoms with Crippen LogP contribution in [0.15, 0.2) is 42.7 Å². The molecule has 0 bridgehead atoms. The van der Waals surface area contributed by atoms with Crippen LogP contribution in [0.2, 0.25) is 0 Å². The number of aliphatic carboxylic acids is 1. The van der Waals surface area contributed by atoms with E-state index in [-0.39, 0.29) is 17.8 Å². The molecule has 1 aliphatic heterocycles. The average Bonchev–Trinajstić information content (AvgIpc) is 2.91. The topological polar surface area (TPSA) is 94.0 Å². The molecule has 0 saturated carbocycles. The lowest BCUT2D eigenvalue weighted by Crippen LogP contribution is -2.39. The summed E-state index contributed by atoms with van der Waals surface area (Å²) < 4.78 is 31.0.